The minimum atomic E-state index is -3.54. The molecule has 1 aliphatic heterocycles. The van der Waals surface area contributed by atoms with E-state index in [9.17, 15) is 13.2 Å². The highest BCUT2D eigenvalue weighted by Crippen LogP contribution is 2.21. The van der Waals surface area contributed by atoms with Gasteiger partial charge in [-0.25, -0.2) is 8.42 Å². The molecule has 0 radical (unpaired) electrons. The third kappa shape index (κ3) is 4.68. The van der Waals surface area contributed by atoms with Crippen LogP contribution in [0, 0.1) is 0 Å². The third-order valence-corrected chi connectivity index (χ3v) is 6.15. The number of carbonyl (C=O) groups excluding carboxylic acids is 1. The Bertz CT molecular complexity index is 640. The predicted molar refractivity (Wildman–Crippen MR) is 90.9 cm³/mol. The van der Waals surface area contributed by atoms with Gasteiger partial charge in [0, 0.05) is 37.6 Å². The molecule has 23 heavy (non-hydrogen) atoms. The topological polar surface area (TPSA) is 57.7 Å². The van der Waals surface area contributed by atoms with Crippen molar-refractivity contribution in [3.63, 3.8) is 0 Å². The van der Waals surface area contributed by atoms with Gasteiger partial charge in [0.2, 0.25) is 15.9 Å². The molecule has 0 aromatic heterocycles. The summed E-state index contributed by atoms with van der Waals surface area (Å²) in [6.07, 6.45) is 3.58. The van der Waals surface area contributed by atoms with Crippen LogP contribution in [0.1, 0.15) is 32.6 Å². The van der Waals surface area contributed by atoms with Crippen LogP contribution in [0.25, 0.3) is 0 Å². The summed E-state index contributed by atoms with van der Waals surface area (Å²) in [6.45, 7) is 3.65. The van der Waals surface area contributed by atoms with Crippen LogP contribution in [0.5, 0.6) is 0 Å². The van der Waals surface area contributed by atoms with E-state index < -0.39 is 10.0 Å². The number of hydrogen-bond donors (Lipinski definition) is 0. The van der Waals surface area contributed by atoms with Crippen LogP contribution >= 0.6 is 11.6 Å². The zero-order valence-electron chi connectivity index (χ0n) is 13.4. The first-order chi connectivity index (χ1) is 10.9. The summed E-state index contributed by atoms with van der Waals surface area (Å²) in [5.41, 5.74) is 0. The van der Waals surface area contributed by atoms with Gasteiger partial charge in [-0.2, -0.15) is 4.31 Å². The molecule has 1 aliphatic rings. The molecule has 1 aromatic rings. The third-order valence-electron chi connectivity index (χ3n) is 4.02. The lowest BCUT2D eigenvalue weighted by Gasteiger charge is -2.34. The van der Waals surface area contributed by atoms with E-state index in [1.165, 1.54) is 10.4 Å². The number of benzene rings is 1. The molecular formula is C16H23ClN2O3S. The number of nitrogens with zero attached hydrogens (tertiary/aromatic N) is 2. The highest BCUT2D eigenvalue weighted by molar-refractivity contribution is 7.89. The Hall–Kier alpha value is -1.11. The highest BCUT2D eigenvalue weighted by Gasteiger charge is 2.29. The Morgan fingerprint density at radius 2 is 1.87 bits per heavy atom. The smallest absolute Gasteiger partial charge is 0.243 e. The number of hydrogen-bond acceptors (Lipinski definition) is 3. The first-order valence-corrected chi connectivity index (χ1v) is 9.80. The number of rotatable bonds is 6. The Morgan fingerprint density at radius 1 is 1.17 bits per heavy atom. The van der Waals surface area contributed by atoms with Crippen molar-refractivity contribution < 1.29 is 13.2 Å². The normalized spacial score (nSPS) is 16.5. The second kappa shape index (κ2) is 8.13. The van der Waals surface area contributed by atoms with Crippen LogP contribution in [-0.2, 0) is 14.8 Å². The average Bonchev–Trinajstić information content (AvgIpc) is 2.55. The van der Waals surface area contributed by atoms with Crippen molar-refractivity contribution in [2.45, 2.75) is 37.5 Å². The van der Waals surface area contributed by atoms with Crippen LogP contribution in [0.3, 0.4) is 0 Å². The van der Waals surface area contributed by atoms with Gasteiger partial charge < -0.3 is 4.90 Å². The van der Waals surface area contributed by atoms with E-state index in [4.69, 9.17) is 11.6 Å². The second-order valence-corrected chi connectivity index (χ2v) is 8.07. The minimum Gasteiger partial charge on any atom is -0.340 e. The second-order valence-electron chi connectivity index (χ2n) is 5.70. The SMILES string of the molecule is CCCCCC(=O)N1CCN(S(=O)(=O)c2cccc(Cl)c2)CC1. The van der Waals surface area contributed by atoms with Gasteiger partial charge in [0.15, 0.2) is 0 Å². The molecular weight excluding hydrogens is 336 g/mol. The maximum Gasteiger partial charge on any atom is 0.243 e. The number of carbonyl (C=O) groups is 1. The highest BCUT2D eigenvalue weighted by atomic mass is 35.5. The Balaban J connectivity index is 1.94. The van der Waals surface area contributed by atoms with Crippen LogP contribution < -0.4 is 0 Å². The maximum absolute atomic E-state index is 12.6. The summed E-state index contributed by atoms with van der Waals surface area (Å²) in [5.74, 6) is 0.123. The molecule has 0 atom stereocenters. The number of piperazine rings is 1. The Morgan fingerprint density at radius 3 is 2.48 bits per heavy atom. The molecule has 0 N–H and O–H groups in total. The van der Waals surface area contributed by atoms with Gasteiger partial charge >= 0.3 is 0 Å². The van der Waals surface area contributed by atoms with Gasteiger partial charge in [0.05, 0.1) is 4.90 Å². The van der Waals surface area contributed by atoms with E-state index in [-0.39, 0.29) is 10.8 Å². The summed E-state index contributed by atoms with van der Waals surface area (Å²) < 4.78 is 26.6. The van der Waals surface area contributed by atoms with Gasteiger partial charge in [-0.05, 0) is 24.6 Å². The average molecular weight is 359 g/mol. The number of halogens is 1. The van der Waals surface area contributed by atoms with E-state index >= 15 is 0 Å². The van der Waals surface area contributed by atoms with E-state index in [1.807, 2.05) is 0 Å². The van der Waals surface area contributed by atoms with Crippen molar-refractivity contribution in [1.29, 1.82) is 0 Å². The molecule has 1 aromatic carbocycles. The standard InChI is InChI=1S/C16H23ClN2O3S/c1-2-3-4-8-16(20)18-9-11-19(12-10-18)23(21,22)15-7-5-6-14(17)13-15/h5-7,13H,2-4,8-12H2,1H3. The number of amides is 1. The summed E-state index contributed by atoms with van der Waals surface area (Å²) >= 11 is 5.88. The van der Waals surface area contributed by atoms with Crippen LogP contribution in [0.4, 0.5) is 0 Å². The molecule has 0 bridgehead atoms. The maximum atomic E-state index is 12.6. The fourth-order valence-electron chi connectivity index (χ4n) is 2.64. The van der Waals surface area contributed by atoms with Crippen molar-refractivity contribution in [3.05, 3.63) is 29.3 Å². The summed E-state index contributed by atoms with van der Waals surface area (Å²) in [5, 5.41) is 0.399. The lowest BCUT2D eigenvalue weighted by atomic mass is 10.2. The first-order valence-electron chi connectivity index (χ1n) is 7.98. The summed E-state index contributed by atoms with van der Waals surface area (Å²) in [4.78, 5) is 14.0. The van der Waals surface area contributed by atoms with Crippen LogP contribution in [0.2, 0.25) is 5.02 Å². The zero-order chi connectivity index (χ0) is 16.9. The van der Waals surface area contributed by atoms with Crippen molar-refractivity contribution >= 4 is 27.5 Å². The molecule has 0 unspecified atom stereocenters. The van der Waals surface area contributed by atoms with Gasteiger partial charge in [-0.15, -0.1) is 0 Å². The van der Waals surface area contributed by atoms with Crippen molar-refractivity contribution in [1.82, 2.24) is 9.21 Å². The lowest BCUT2D eigenvalue weighted by Crippen LogP contribution is -2.50. The van der Waals surface area contributed by atoms with Gasteiger partial charge in [-0.1, -0.05) is 37.4 Å². The van der Waals surface area contributed by atoms with E-state index in [0.717, 1.165) is 19.3 Å². The fourth-order valence-corrected chi connectivity index (χ4v) is 4.36. The molecule has 0 saturated carbocycles. The monoisotopic (exact) mass is 358 g/mol. The zero-order valence-corrected chi connectivity index (χ0v) is 14.9. The first kappa shape index (κ1) is 18.2. The molecule has 0 spiro atoms. The summed E-state index contributed by atoms with van der Waals surface area (Å²) in [7, 11) is -3.54. The molecule has 1 amide bonds. The molecule has 0 aliphatic carbocycles. The molecule has 1 fully saturated rings. The molecule has 1 heterocycles. The largest absolute Gasteiger partial charge is 0.340 e. The van der Waals surface area contributed by atoms with Crippen molar-refractivity contribution in [2.24, 2.45) is 0 Å². The molecule has 128 valence electrons. The molecule has 2 rings (SSSR count). The van der Waals surface area contributed by atoms with E-state index in [0.29, 0.717) is 37.6 Å². The summed E-state index contributed by atoms with van der Waals surface area (Å²) in [6, 6.07) is 6.28. The number of unbranched alkanes of at least 4 members (excludes halogenated alkanes) is 2. The van der Waals surface area contributed by atoms with E-state index in [2.05, 4.69) is 6.92 Å². The van der Waals surface area contributed by atoms with Crippen LogP contribution in [-0.4, -0.2) is 49.7 Å². The molecule has 1 saturated heterocycles. The van der Waals surface area contributed by atoms with Gasteiger partial charge in [-0.3, -0.25) is 4.79 Å². The van der Waals surface area contributed by atoms with E-state index in [1.54, 1.807) is 23.1 Å². The number of sulfonamides is 1. The molecule has 5 nitrogen and oxygen atoms in total. The Labute approximate surface area is 143 Å². The predicted octanol–water partition coefficient (Wildman–Crippen LogP) is 2.75. The van der Waals surface area contributed by atoms with Crippen molar-refractivity contribution in [3.8, 4) is 0 Å². The quantitative estimate of drug-likeness (QED) is 0.735. The minimum absolute atomic E-state index is 0.123. The van der Waals surface area contributed by atoms with Gasteiger partial charge in [0.1, 0.15) is 0 Å². The lowest BCUT2D eigenvalue weighted by molar-refractivity contribution is -0.132. The van der Waals surface area contributed by atoms with Crippen LogP contribution in [0.15, 0.2) is 29.2 Å². The van der Waals surface area contributed by atoms with Gasteiger partial charge in [0.25, 0.3) is 0 Å². The fraction of sp³-hybridized carbons (Fsp3) is 0.562. The van der Waals surface area contributed by atoms with Crippen molar-refractivity contribution in [2.75, 3.05) is 26.2 Å². The Kier molecular flexibility index (Phi) is 6.44. The molecule has 7 heteroatoms.